The standard InChI is InChI=1S/C29H26FN5O2/c30-27-6-4-21(14-31)13-26(27)24-5-7-28(36)35(18-24)17-22-2-1-3-23(12-22)29-33-15-25(16-34-29)37-19-20-8-10-32-11-9-20/h1-7,12-13,15-16,18,20,32H,8-11,17,19H2. The predicted octanol–water partition coefficient (Wildman–Crippen LogP) is 4.41. The Hall–Kier alpha value is -4.35. The van der Waals surface area contributed by atoms with Crippen LogP contribution in [0.4, 0.5) is 4.39 Å². The quantitative estimate of drug-likeness (QED) is 0.408. The second kappa shape index (κ2) is 11.1. The van der Waals surface area contributed by atoms with Gasteiger partial charge in [-0.1, -0.05) is 18.2 Å². The Bertz CT molecular complexity index is 1490. The minimum absolute atomic E-state index is 0.211. The highest BCUT2D eigenvalue weighted by Crippen LogP contribution is 2.24. The SMILES string of the molecule is N#Cc1ccc(F)c(-c2ccc(=O)n(Cc3cccc(-c4ncc(OCC5CCNCC5)cn4)c3)c2)c1. The van der Waals surface area contributed by atoms with Gasteiger partial charge >= 0.3 is 0 Å². The third-order valence-electron chi connectivity index (χ3n) is 6.50. The van der Waals surface area contributed by atoms with E-state index in [0.29, 0.717) is 35.2 Å². The molecule has 0 radical (unpaired) electrons. The summed E-state index contributed by atoms with van der Waals surface area (Å²) in [5.41, 5.74) is 2.63. The number of pyridine rings is 1. The van der Waals surface area contributed by atoms with Crippen LogP contribution in [0.5, 0.6) is 5.75 Å². The van der Waals surface area contributed by atoms with Gasteiger partial charge in [0.1, 0.15) is 5.82 Å². The number of nitriles is 1. The molecular weight excluding hydrogens is 469 g/mol. The molecule has 0 saturated carbocycles. The fourth-order valence-electron chi connectivity index (χ4n) is 4.44. The number of rotatable bonds is 7. The summed E-state index contributed by atoms with van der Waals surface area (Å²) in [4.78, 5) is 21.5. The van der Waals surface area contributed by atoms with E-state index in [-0.39, 0.29) is 17.7 Å². The van der Waals surface area contributed by atoms with Crippen molar-refractivity contribution >= 4 is 0 Å². The zero-order chi connectivity index (χ0) is 25.6. The van der Waals surface area contributed by atoms with Gasteiger partial charge < -0.3 is 14.6 Å². The molecule has 2 aromatic heterocycles. The van der Waals surface area contributed by atoms with Crippen molar-refractivity contribution in [3.8, 4) is 34.3 Å². The molecule has 0 bridgehead atoms. The molecule has 0 aliphatic carbocycles. The van der Waals surface area contributed by atoms with Gasteiger partial charge in [-0.2, -0.15) is 5.26 Å². The van der Waals surface area contributed by atoms with Crippen LogP contribution >= 0.6 is 0 Å². The molecule has 5 rings (SSSR count). The molecule has 1 saturated heterocycles. The number of nitrogens with one attached hydrogen (secondary N) is 1. The van der Waals surface area contributed by atoms with Crippen LogP contribution in [0.3, 0.4) is 0 Å². The molecule has 1 aliphatic rings. The van der Waals surface area contributed by atoms with E-state index in [4.69, 9.17) is 10.00 Å². The Balaban J connectivity index is 1.32. The summed E-state index contributed by atoms with van der Waals surface area (Å²) in [5, 5.41) is 12.5. The normalized spacial score (nSPS) is 13.7. The molecule has 1 N–H and O–H groups in total. The van der Waals surface area contributed by atoms with E-state index in [0.717, 1.165) is 37.1 Å². The molecule has 7 nitrogen and oxygen atoms in total. The molecule has 0 spiro atoms. The second-order valence-electron chi connectivity index (χ2n) is 9.14. The number of ether oxygens (including phenoxy) is 1. The van der Waals surface area contributed by atoms with Crippen LogP contribution in [-0.4, -0.2) is 34.2 Å². The second-order valence-corrected chi connectivity index (χ2v) is 9.14. The van der Waals surface area contributed by atoms with Crippen molar-refractivity contribution < 1.29 is 9.13 Å². The van der Waals surface area contributed by atoms with Crippen LogP contribution in [0.15, 0.2) is 78.0 Å². The van der Waals surface area contributed by atoms with Crippen LogP contribution in [-0.2, 0) is 6.54 Å². The highest BCUT2D eigenvalue weighted by Gasteiger charge is 2.14. The van der Waals surface area contributed by atoms with Gasteiger partial charge in [0.25, 0.3) is 5.56 Å². The average molecular weight is 496 g/mol. The minimum atomic E-state index is -0.452. The Kier molecular flexibility index (Phi) is 7.33. The van der Waals surface area contributed by atoms with E-state index in [9.17, 15) is 9.18 Å². The van der Waals surface area contributed by atoms with Gasteiger partial charge in [0, 0.05) is 29.0 Å². The fraction of sp³-hybridized carbons (Fsp3) is 0.241. The minimum Gasteiger partial charge on any atom is -0.490 e. The number of aromatic nitrogens is 3. The van der Waals surface area contributed by atoms with Gasteiger partial charge in [-0.25, -0.2) is 14.4 Å². The lowest BCUT2D eigenvalue weighted by Gasteiger charge is -2.22. The molecule has 0 amide bonds. The van der Waals surface area contributed by atoms with Crippen molar-refractivity contribution in [3.63, 3.8) is 0 Å². The maximum Gasteiger partial charge on any atom is 0.250 e. The van der Waals surface area contributed by atoms with Crippen molar-refractivity contribution in [2.24, 2.45) is 5.92 Å². The van der Waals surface area contributed by atoms with Gasteiger partial charge in [-0.3, -0.25) is 4.79 Å². The third kappa shape index (κ3) is 5.90. The molecule has 186 valence electrons. The molecule has 0 unspecified atom stereocenters. The van der Waals surface area contributed by atoms with E-state index in [1.54, 1.807) is 24.7 Å². The Morgan fingerprint density at radius 2 is 1.86 bits per heavy atom. The van der Waals surface area contributed by atoms with E-state index in [2.05, 4.69) is 15.3 Å². The van der Waals surface area contributed by atoms with Crippen LogP contribution in [0, 0.1) is 23.1 Å². The van der Waals surface area contributed by atoms with Crippen molar-refractivity contribution in [1.29, 1.82) is 5.26 Å². The lowest BCUT2D eigenvalue weighted by Crippen LogP contribution is -2.30. The smallest absolute Gasteiger partial charge is 0.250 e. The van der Waals surface area contributed by atoms with Gasteiger partial charge in [-0.15, -0.1) is 0 Å². The van der Waals surface area contributed by atoms with Crippen LogP contribution in [0.2, 0.25) is 0 Å². The molecule has 37 heavy (non-hydrogen) atoms. The molecule has 3 heterocycles. The molecule has 1 fully saturated rings. The number of piperidine rings is 1. The maximum absolute atomic E-state index is 14.4. The molecule has 0 atom stereocenters. The summed E-state index contributed by atoms with van der Waals surface area (Å²) in [5.74, 6) is 1.31. The van der Waals surface area contributed by atoms with E-state index < -0.39 is 5.82 Å². The summed E-state index contributed by atoms with van der Waals surface area (Å²) < 4.78 is 21.8. The lowest BCUT2D eigenvalue weighted by atomic mass is 9.99. The van der Waals surface area contributed by atoms with Crippen LogP contribution in [0.1, 0.15) is 24.0 Å². The fourth-order valence-corrected chi connectivity index (χ4v) is 4.44. The highest BCUT2D eigenvalue weighted by atomic mass is 19.1. The van der Waals surface area contributed by atoms with Crippen molar-refractivity contribution in [1.82, 2.24) is 19.9 Å². The average Bonchev–Trinajstić information content (AvgIpc) is 2.94. The number of nitrogens with zero attached hydrogens (tertiary/aromatic N) is 4. The molecule has 1 aliphatic heterocycles. The largest absolute Gasteiger partial charge is 0.490 e. The summed E-state index contributed by atoms with van der Waals surface area (Å²) in [7, 11) is 0. The summed E-state index contributed by atoms with van der Waals surface area (Å²) in [6, 6.07) is 16.8. The van der Waals surface area contributed by atoms with E-state index in [1.807, 2.05) is 30.3 Å². The zero-order valence-corrected chi connectivity index (χ0v) is 20.2. The third-order valence-corrected chi connectivity index (χ3v) is 6.50. The maximum atomic E-state index is 14.4. The number of hydrogen-bond acceptors (Lipinski definition) is 6. The number of halogens is 1. The summed E-state index contributed by atoms with van der Waals surface area (Å²) in [6.45, 7) is 3.01. The van der Waals surface area contributed by atoms with Crippen molar-refractivity contribution in [2.75, 3.05) is 19.7 Å². The zero-order valence-electron chi connectivity index (χ0n) is 20.2. The predicted molar refractivity (Wildman–Crippen MR) is 138 cm³/mol. The van der Waals surface area contributed by atoms with Crippen molar-refractivity contribution in [2.45, 2.75) is 19.4 Å². The van der Waals surface area contributed by atoms with E-state index in [1.165, 1.54) is 28.8 Å². The first-order valence-corrected chi connectivity index (χ1v) is 12.2. The number of benzene rings is 2. The monoisotopic (exact) mass is 495 g/mol. The first-order valence-electron chi connectivity index (χ1n) is 12.2. The van der Waals surface area contributed by atoms with Gasteiger partial charge in [0.2, 0.25) is 0 Å². The van der Waals surface area contributed by atoms with Gasteiger partial charge in [0.15, 0.2) is 11.6 Å². The summed E-state index contributed by atoms with van der Waals surface area (Å²) >= 11 is 0. The number of hydrogen-bond donors (Lipinski definition) is 1. The van der Waals surface area contributed by atoms with Crippen molar-refractivity contribution in [3.05, 3.63) is 100 Å². The van der Waals surface area contributed by atoms with Gasteiger partial charge in [-0.05, 0) is 67.7 Å². The van der Waals surface area contributed by atoms with E-state index >= 15 is 0 Å². The topological polar surface area (TPSA) is 92.8 Å². The first-order chi connectivity index (χ1) is 18.1. The van der Waals surface area contributed by atoms with Gasteiger partial charge in [0.05, 0.1) is 37.2 Å². The molecule has 4 aromatic rings. The first kappa shape index (κ1) is 24.3. The molecule has 8 heteroatoms. The Morgan fingerprint density at radius 3 is 2.65 bits per heavy atom. The van der Waals surface area contributed by atoms with Crippen LogP contribution < -0.4 is 15.6 Å². The molecule has 2 aromatic carbocycles. The molecular formula is C29H26FN5O2. The Labute approximate surface area is 214 Å². The Morgan fingerprint density at radius 1 is 1.05 bits per heavy atom. The summed E-state index contributed by atoms with van der Waals surface area (Å²) in [6.07, 6.45) is 7.21. The highest BCUT2D eigenvalue weighted by molar-refractivity contribution is 5.65. The lowest BCUT2D eigenvalue weighted by molar-refractivity contribution is 0.214. The van der Waals surface area contributed by atoms with Crippen LogP contribution in [0.25, 0.3) is 22.5 Å².